The van der Waals surface area contributed by atoms with Gasteiger partial charge in [-0.1, -0.05) is 6.92 Å². The van der Waals surface area contributed by atoms with Crippen molar-refractivity contribution in [1.82, 2.24) is 15.2 Å². The highest BCUT2D eigenvalue weighted by Crippen LogP contribution is 2.35. The summed E-state index contributed by atoms with van der Waals surface area (Å²) >= 11 is 0. The quantitative estimate of drug-likeness (QED) is 0.515. The molecule has 5 heteroatoms. The van der Waals surface area contributed by atoms with Gasteiger partial charge < -0.3 is 0 Å². The van der Waals surface area contributed by atoms with Crippen LogP contribution in [0.15, 0.2) is 11.4 Å². The third kappa shape index (κ3) is 1.61. The Balaban J connectivity index is 1.78. The van der Waals surface area contributed by atoms with E-state index in [9.17, 15) is 0 Å². The van der Waals surface area contributed by atoms with Gasteiger partial charge in [0, 0.05) is 6.21 Å². The van der Waals surface area contributed by atoms with Crippen molar-refractivity contribution in [2.24, 2.45) is 16.9 Å². The Morgan fingerprint density at radius 2 is 2.67 bits per heavy atom. The third-order valence-corrected chi connectivity index (χ3v) is 2.02. The van der Waals surface area contributed by atoms with Crippen LogP contribution in [0, 0.1) is 11.8 Å². The molecule has 1 aromatic rings. The average Bonchev–Trinajstić information content (AvgIpc) is 2.58. The Morgan fingerprint density at radius 3 is 3.25 bits per heavy atom. The normalized spacial score (nSPS) is 27.8. The summed E-state index contributed by atoms with van der Waals surface area (Å²) in [6.45, 7) is 2.21. The fourth-order valence-corrected chi connectivity index (χ4v) is 1.01. The molecule has 0 bridgehead atoms. The number of hydrogen-bond donors (Lipinski definition) is 2. The van der Waals surface area contributed by atoms with Crippen LogP contribution >= 0.6 is 0 Å². The van der Waals surface area contributed by atoms with Gasteiger partial charge >= 0.3 is 0 Å². The number of H-pyrrole nitrogens is 1. The van der Waals surface area contributed by atoms with E-state index in [1.165, 1.54) is 12.7 Å². The van der Waals surface area contributed by atoms with Crippen LogP contribution in [-0.2, 0) is 0 Å². The number of aromatic amines is 1. The van der Waals surface area contributed by atoms with Gasteiger partial charge in [-0.3, -0.25) is 0 Å². The fraction of sp³-hybridized carbons (Fsp3) is 0.571. The highest BCUT2D eigenvalue weighted by Gasteiger charge is 2.30. The van der Waals surface area contributed by atoms with Crippen molar-refractivity contribution in [3.63, 3.8) is 0 Å². The molecule has 0 aliphatic heterocycles. The Morgan fingerprint density at radius 1 is 1.83 bits per heavy atom. The summed E-state index contributed by atoms with van der Waals surface area (Å²) in [7, 11) is 0. The summed E-state index contributed by atoms with van der Waals surface area (Å²) in [4.78, 5) is 3.86. The zero-order valence-corrected chi connectivity index (χ0v) is 6.86. The fourth-order valence-electron chi connectivity index (χ4n) is 1.01. The van der Waals surface area contributed by atoms with E-state index in [0.29, 0.717) is 11.9 Å². The van der Waals surface area contributed by atoms with Gasteiger partial charge in [-0.05, 0) is 18.3 Å². The lowest BCUT2D eigenvalue weighted by Crippen LogP contribution is -1.92. The van der Waals surface area contributed by atoms with Gasteiger partial charge in [0.25, 0.3) is 0 Å². The predicted octanol–water partition coefficient (Wildman–Crippen LogP) is 0.858. The van der Waals surface area contributed by atoms with Crippen molar-refractivity contribution in [2.45, 2.75) is 13.3 Å². The standard InChI is InChI=1S/C7H11N5/c1-5-2-6(5)3-9-11-7-8-4-10-12-7/h3-6H,2H2,1H3,(H2,8,10,11,12)/b9-3+. The van der Waals surface area contributed by atoms with Crippen LogP contribution < -0.4 is 5.43 Å². The van der Waals surface area contributed by atoms with Crippen molar-refractivity contribution < 1.29 is 0 Å². The van der Waals surface area contributed by atoms with Gasteiger partial charge in [-0.15, -0.1) is 0 Å². The molecule has 0 radical (unpaired) electrons. The van der Waals surface area contributed by atoms with E-state index in [2.05, 4.69) is 32.6 Å². The molecule has 0 saturated heterocycles. The van der Waals surface area contributed by atoms with Crippen LogP contribution in [0.3, 0.4) is 0 Å². The first-order valence-corrected chi connectivity index (χ1v) is 4.01. The van der Waals surface area contributed by atoms with Gasteiger partial charge in [-0.2, -0.15) is 15.2 Å². The molecule has 64 valence electrons. The Hall–Kier alpha value is -1.39. The Bertz CT molecular complexity index is 265. The Labute approximate surface area is 70.3 Å². The van der Waals surface area contributed by atoms with Gasteiger partial charge in [0.2, 0.25) is 5.95 Å². The highest BCUT2D eigenvalue weighted by atomic mass is 15.4. The smallest absolute Gasteiger partial charge is 0.239 e. The summed E-state index contributed by atoms with van der Waals surface area (Å²) in [6, 6.07) is 0. The Kier molecular flexibility index (Phi) is 1.77. The molecule has 0 spiro atoms. The summed E-state index contributed by atoms with van der Waals surface area (Å²) in [5.41, 5.74) is 2.76. The van der Waals surface area contributed by atoms with Gasteiger partial charge in [0.15, 0.2) is 0 Å². The summed E-state index contributed by atoms with van der Waals surface area (Å²) < 4.78 is 0. The molecule has 1 aliphatic rings. The first-order valence-electron chi connectivity index (χ1n) is 4.01. The van der Waals surface area contributed by atoms with E-state index >= 15 is 0 Å². The number of hydrogen-bond acceptors (Lipinski definition) is 4. The lowest BCUT2D eigenvalue weighted by molar-refractivity contribution is 0.932. The van der Waals surface area contributed by atoms with Crippen molar-refractivity contribution in [2.75, 3.05) is 5.43 Å². The van der Waals surface area contributed by atoms with Crippen LogP contribution in [0.4, 0.5) is 5.95 Å². The second kappa shape index (κ2) is 2.92. The van der Waals surface area contributed by atoms with Crippen molar-refractivity contribution in [3.8, 4) is 0 Å². The zero-order valence-electron chi connectivity index (χ0n) is 6.86. The first-order chi connectivity index (χ1) is 5.86. The molecule has 1 saturated carbocycles. The van der Waals surface area contributed by atoms with Crippen LogP contribution in [0.1, 0.15) is 13.3 Å². The van der Waals surface area contributed by atoms with E-state index < -0.39 is 0 Å². The maximum atomic E-state index is 4.02. The molecule has 12 heavy (non-hydrogen) atoms. The van der Waals surface area contributed by atoms with E-state index in [4.69, 9.17) is 0 Å². The molecule has 1 fully saturated rings. The van der Waals surface area contributed by atoms with Gasteiger partial charge in [-0.25, -0.2) is 10.5 Å². The maximum Gasteiger partial charge on any atom is 0.239 e. The number of anilines is 1. The van der Waals surface area contributed by atoms with Crippen molar-refractivity contribution >= 4 is 12.2 Å². The van der Waals surface area contributed by atoms with Gasteiger partial charge in [0.05, 0.1) is 0 Å². The summed E-state index contributed by atoms with van der Waals surface area (Å²) in [5, 5.41) is 10.4. The molecular weight excluding hydrogens is 154 g/mol. The number of nitrogens with zero attached hydrogens (tertiary/aromatic N) is 3. The largest absolute Gasteiger partial charge is 0.246 e. The minimum absolute atomic E-state index is 0.583. The molecule has 0 amide bonds. The van der Waals surface area contributed by atoms with E-state index in [0.717, 1.165) is 5.92 Å². The van der Waals surface area contributed by atoms with Crippen molar-refractivity contribution in [1.29, 1.82) is 0 Å². The summed E-state index contributed by atoms with van der Waals surface area (Å²) in [6.07, 6.45) is 4.62. The van der Waals surface area contributed by atoms with E-state index in [1.54, 1.807) is 0 Å². The van der Waals surface area contributed by atoms with Crippen LogP contribution in [-0.4, -0.2) is 21.4 Å². The minimum Gasteiger partial charge on any atom is -0.246 e. The zero-order chi connectivity index (χ0) is 8.39. The monoisotopic (exact) mass is 165 g/mol. The second-order valence-electron chi connectivity index (χ2n) is 3.10. The average molecular weight is 165 g/mol. The third-order valence-electron chi connectivity index (χ3n) is 2.02. The number of aromatic nitrogens is 3. The molecule has 2 N–H and O–H groups in total. The molecule has 0 aromatic carbocycles. The maximum absolute atomic E-state index is 4.02. The molecular formula is C7H11N5. The lowest BCUT2D eigenvalue weighted by atomic mass is 10.4. The van der Waals surface area contributed by atoms with Crippen LogP contribution in [0.5, 0.6) is 0 Å². The molecule has 5 nitrogen and oxygen atoms in total. The van der Waals surface area contributed by atoms with Gasteiger partial charge in [0.1, 0.15) is 6.33 Å². The number of hydrazone groups is 1. The molecule has 1 heterocycles. The lowest BCUT2D eigenvalue weighted by Gasteiger charge is -1.90. The molecule has 2 unspecified atom stereocenters. The minimum atomic E-state index is 0.583. The SMILES string of the molecule is CC1CC1/C=N/Nc1ncn[nH]1. The number of rotatable bonds is 3. The van der Waals surface area contributed by atoms with E-state index in [-0.39, 0.29) is 0 Å². The highest BCUT2D eigenvalue weighted by molar-refractivity contribution is 5.65. The van der Waals surface area contributed by atoms with E-state index in [1.807, 2.05) is 6.21 Å². The van der Waals surface area contributed by atoms with Crippen molar-refractivity contribution in [3.05, 3.63) is 6.33 Å². The van der Waals surface area contributed by atoms with Crippen LogP contribution in [0.25, 0.3) is 0 Å². The first kappa shape index (κ1) is 7.27. The molecule has 2 rings (SSSR count). The molecule has 1 aromatic heterocycles. The second-order valence-corrected chi connectivity index (χ2v) is 3.10. The topological polar surface area (TPSA) is 66.0 Å². The molecule has 1 aliphatic carbocycles. The number of nitrogens with one attached hydrogen (secondary N) is 2. The van der Waals surface area contributed by atoms with Crippen LogP contribution in [0.2, 0.25) is 0 Å². The summed E-state index contributed by atoms with van der Waals surface area (Å²) in [5.74, 6) is 2.03. The predicted molar refractivity (Wildman–Crippen MR) is 45.8 cm³/mol. The molecule has 2 atom stereocenters.